The van der Waals surface area contributed by atoms with Crippen LogP contribution in [0.3, 0.4) is 0 Å². The van der Waals surface area contributed by atoms with Gasteiger partial charge in [-0.2, -0.15) is 5.10 Å². The molecule has 2 rings (SSSR count). The van der Waals surface area contributed by atoms with E-state index in [1.165, 1.54) is 5.56 Å². The van der Waals surface area contributed by atoms with Crippen LogP contribution in [0, 0.1) is 3.57 Å². The third-order valence-corrected chi connectivity index (χ3v) is 3.74. The number of carbonyl (C=O) groups excluding carboxylic acids is 1. The summed E-state index contributed by atoms with van der Waals surface area (Å²) < 4.78 is 1.02. The highest BCUT2D eigenvalue weighted by molar-refractivity contribution is 14.1. The van der Waals surface area contributed by atoms with Crippen LogP contribution in [0.15, 0.2) is 53.6 Å². The average molecular weight is 392 g/mol. The molecule has 1 amide bonds. The van der Waals surface area contributed by atoms with E-state index in [0.717, 1.165) is 9.13 Å². The maximum Gasteiger partial charge on any atom is 0.271 e. The van der Waals surface area contributed by atoms with Crippen LogP contribution in [0.2, 0.25) is 0 Å². The molecule has 2 aromatic carbocycles. The molecular weight excluding hydrogens is 375 g/mol. The predicted molar refractivity (Wildman–Crippen MR) is 94.8 cm³/mol. The summed E-state index contributed by atoms with van der Waals surface area (Å²) in [6, 6.07) is 15.5. The van der Waals surface area contributed by atoms with Gasteiger partial charge >= 0.3 is 0 Å². The molecule has 108 valence electrons. The first-order chi connectivity index (χ1) is 10.1. The minimum Gasteiger partial charge on any atom is -0.267 e. The Morgan fingerprint density at radius 1 is 1.19 bits per heavy atom. The van der Waals surface area contributed by atoms with Crippen molar-refractivity contribution in [2.45, 2.75) is 19.8 Å². The minimum atomic E-state index is -0.205. The van der Waals surface area contributed by atoms with Crippen LogP contribution >= 0.6 is 22.6 Å². The Balaban J connectivity index is 1.97. The van der Waals surface area contributed by atoms with Gasteiger partial charge in [-0.15, -0.1) is 0 Å². The topological polar surface area (TPSA) is 41.5 Å². The van der Waals surface area contributed by atoms with E-state index in [9.17, 15) is 4.79 Å². The highest BCUT2D eigenvalue weighted by Crippen LogP contribution is 2.13. The molecule has 0 heterocycles. The lowest BCUT2D eigenvalue weighted by Crippen LogP contribution is -2.17. The fraction of sp³-hybridized carbons (Fsp3) is 0.176. The average Bonchev–Trinajstić information content (AvgIpc) is 2.47. The lowest BCUT2D eigenvalue weighted by Gasteiger charge is -2.04. The highest BCUT2D eigenvalue weighted by Gasteiger charge is 2.03. The first kappa shape index (κ1) is 15.7. The summed E-state index contributed by atoms with van der Waals surface area (Å²) in [6.45, 7) is 4.31. The SMILES string of the molecule is CC(C)c1ccc(/C=N\NC(=O)c2cccc(I)c2)cc1. The van der Waals surface area contributed by atoms with Crippen molar-refractivity contribution in [3.05, 3.63) is 68.8 Å². The molecule has 0 fully saturated rings. The fourth-order valence-corrected chi connectivity index (χ4v) is 2.37. The van der Waals surface area contributed by atoms with Crippen LogP contribution in [0.25, 0.3) is 0 Å². The maximum absolute atomic E-state index is 11.9. The molecule has 0 spiro atoms. The molecular formula is C17H17IN2O. The van der Waals surface area contributed by atoms with Crippen LogP contribution in [0.1, 0.15) is 41.3 Å². The molecule has 0 aromatic heterocycles. The third kappa shape index (κ3) is 4.67. The Labute approximate surface area is 138 Å². The molecule has 21 heavy (non-hydrogen) atoms. The van der Waals surface area contributed by atoms with E-state index in [-0.39, 0.29) is 5.91 Å². The second-order valence-corrected chi connectivity index (χ2v) is 6.28. The zero-order valence-corrected chi connectivity index (χ0v) is 14.2. The smallest absolute Gasteiger partial charge is 0.267 e. The minimum absolute atomic E-state index is 0.205. The molecule has 0 saturated heterocycles. The van der Waals surface area contributed by atoms with E-state index in [0.29, 0.717) is 11.5 Å². The summed E-state index contributed by atoms with van der Waals surface area (Å²) in [6.07, 6.45) is 1.65. The fourth-order valence-electron chi connectivity index (χ4n) is 1.83. The van der Waals surface area contributed by atoms with Crippen molar-refractivity contribution < 1.29 is 4.79 Å². The third-order valence-electron chi connectivity index (χ3n) is 3.07. The molecule has 0 atom stereocenters. The molecule has 0 bridgehead atoms. The van der Waals surface area contributed by atoms with Crippen LogP contribution in [-0.2, 0) is 0 Å². The van der Waals surface area contributed by atoms with Crippen molar-refractivity contribution >= 4 is 34.7 Å². The number of carbonyl (C=O) groups is 1. The summed E-state index contributed by atoms with van der Waals surface area (Å²) in [5.74, 6) is 0.305. The number of hydrogen-bond acceptors (Lipinski definition) is 2. The van der Waals surface area contributed by atoms with Crippen molar-refractivity contribution in [3.8, 4) is 0 Å². The molecule has 0 aliphatic carbocycles. The summed E-state index contributed by atoms with van der Waals surface area (Å²) in [4.78, 5) is 11.9. The molecule has 0 unspecified atom stereocenters. The van der Waals surface area contributed by atoms with Crippen LogP contribution in [0.5, 0.6) is 0 Å². The largest absolute Gasteiger partial charge is 0.271 e. The zero-order valence-electron chi connectivity index (χ0n) is 12.0. The van der Waals surface area contributed by atoms with Gasteiger partial charge in [0, 0.05) is 9.13 Å². The first-order valence-electron chi connectivity index (χ1n) is 6.75. The summed E-state index contributed by atoms with van der Waals surface area (Å²) in [5.41, 5.74) is 5.39. The Morgan fingerprint density at radius 2 is 1.90 bits per heavy atom. The molecule has 4 heteroatoms. The van der Waals surface area contributed by atoms with Crippen molar-refractivity contribution in [2.24, 2.45) is 5.10 Å². The first-order valence-corrected chi connectivity index (χ1v) is 7.83. The molecule has 0 saturated carbocycles. The van der Waals surface area contributed by atoms with E-state index >= 15 is 0 Å². The van der Waals surface area contributed by atoms with Gasteiger partial charge in [0.2, 0.25) is 0 Å². The number of rotatable bonds is 4. The van der Waals surface area contributed by atoms with Gasteiger partial charge in [-0.1, -0.05) is 44.2 Å². The highest BCUT2D eigenvalue weighted by atomic mass is 127. The number of hydrogen-bond donors (Lipinski definition) is 1. The number of benzene rings is 2. The van der Waals surface area contributed by atoms with Gasteiger partial charge in [0.15, 0.2) is 0 Å². The predicted octanol–water partition coefficient (Wildman–Crippen LogP) is 4.18. The maximum atomic E-state index is 11.9. The van der Waals surface area contributed by atoms with Crippen molar-refractivity contribution in [1.29, 1.82) is 0 Å². The number of hydrazone groups is 1. The molecule has 0 aliphatic rings. The molecule has 0 radical (unpaired) electrons. The van der Waals surface area contributed by atoms with E-state index < -0.39 is 0 Å². The van der Waals surface area contributed by atoms with E-state index in [4.69, 9.17) is 0 Å². The van der Waals surface area contributed by atoms with Gasteiger partial charge in [0.25, 0.3) is 5.91 Å². The van der Waals surface area contributed by atoms with E-state index in [1.807, 2.05) is 30.3 Å². The lowest BCUT2D eigenvalue weighted by atomic mass is 10.0. The Bertz CT molecular complexity index is 648. The van der Waals surface area contributed by atoms with Crippen LogP contribution in [0.4, 0.5) is 0 Å². The van der Waals surface area contributed by atoms with Gasteiger partial charge in [-0.25, -0.2) is 5.43 Å². The quantitative estimate of drug-likeness (QED) is 0.474. The second-order valence-electron chi connectivity index (χ2n) is 5.03. The van der Waals surface area contributed by atoms with E-state index in [1.54, 1.807) is 12.3 Å². The number of nitrogens with one attached hydrogen (secondary N) is 1. The summed E-state index contributed by atoms with van der Waals surface area (Å²) >= 11 is 2.18. The van der Waals surface area contributed by atoms with Gasteiger partial charge in [0.1, 0.15) is 0 Å². The van der Waals surface area contributed by atoms with Crippen LogP contribution in [-0.4, -0.2) is 12.1 Å². The van der Waals surface area contributed by atoms with Gasteiger partial charge in [0.05, 0.1) is 6.21 Å². The van der Waals surface area contributed by atoms with Crippen molar-refractivity contribution in [1.82, 2.24) is 5.43 Å². The number of nitrogens with zero attached hydrogens (tertiary/aromatic N) is 1. The summed E-state index contributed by atoms with van der Waals surface area (Å²) in [5, 5.41) is 4.00. The normalized spacial score (nSPS) is 11.0. The molecule has 3 nitrogen and oxygen atoms in total. The van der Waals surface area contributed by atoms with E-state index in [2.05, 4.69) is 59.1 Å². The van der Waals surface area contributed by atoms with Gasteiger partial charge < -0.3 is 0 Å². The van der Waals surface area contributed by atoms with Crippen LogP contribution < -0.4 is 5.43 Å². The Morgan fingerprint density at radius 3 is 2.52 bits per heavy atom. The standard InChI is InChI=1S/C17H17IN2O/c1-12(2)14-8-6-13(7-9-14)11-19-20-17(21)15-4-3-5-16(18)10-15/h3-12H,1-2H3,(H,20,21)/b19-11-. The Hall–Kier alpha value is -1.69. The molecule has 1 N–H and O–H groups in total. The summed E-state index contributed by atoms with van der Waals surface area (Å²) in [7, 11) is 0. The zero-order chi connectivity index (χ0) is 15.2. The monoisotopic (exact) mass is 392 g/mol. The molecule has 0 aliphatic heterocycles. The van der Waals surface area contributed by atoms with Crippen molar-refractivity contribution in [3.63, 3.8) is 0 Å². The number of amides is 1. The second kappa shape index (κ2) is 7.36. The molecule has 2 aromatic rings. The number of halogens is 1. The Kier molecular flexibility index (Phi) is 5.50. The van der Waals surface area contributed by atoms with Gasteiger partial charge in [-0.3, -0.25) is 4.79 Å². The van der Waals surface area contributed by atoms with Crippen molar-refractivity contribution in [2.75, 3.05) is 0 Å². The lowest BCUT2D eigenvalue weighted by molar-refractivity contribution is 0.0955. The van der Waals surface area contributed by atoms with Gasteiger partial charge in [-0.05, 0) is 57.8 Å².